The third-order valence-corrected chi connectivity index (χ3v) is 3.60. The number of piperidine rings is 1. The van der Waals surface area contributed by atoms with Crippen LogP contribution in [-0.4, -0.2) is 13.1 Å². The number of rotatable bonds is 2. The molecule has 88 valence electrons. The quantitative estimate of drug-likeness (QED) is 0.822. The second-order valence-corrected chi connectivity index (χ2v) is 5.45. The summed E-state index contributed by atoms with van der Waals surface area (Å²) < 4.78 is 0. The third kappa shape index (κ3) is 2.78. The fourth-order valence-electron chi connectivity index (χ4n) is 2.34. The molecule has 0 aliphatic carbocycles. The summed E-state index contributed by atoms with van der Waals surface area (Å²) in [5.41, 5.74) is 2.76. The molecular weight excluding hydrogens is 218 g/mol. The van der Waals surface area contributed by atoms with E-state index in [1.807, 2.05) is 0 Å². The summed E-state index contributed by atoms with van der Waals surface area (Å²) in [6.45, 7) is 6.69. The molecule has 0 radical (unpaired) electrons. The van der Waals surface area contributed by atoms with Crippen LogP contribution in [0.1, 0.15) is 49.7 Å². The van der Waals surface area contributed by atoms with Crippen molar-refractivity contribution in [1.29, 1.82) is 0 Å². The number of nitrogens with one attached hydrogen (secondary N) is 1. The average Bonchev–Trinajstić information content (AvgIpc) is 2.29. The highest BCUT2D eigenvalue weighted by atomic mass is 35.5. The Bertz CT molecular complexity index is 354. The molecule has 0 bridgehead atoms. The molecule has 2 heteroatoms. The minimum absolute atomic E-state index is 0.550. The standard InChI is InChI=1S/C14H20ClN/c1-10(2)12-6-13(8-14(15)7-12)11-4-3-5-16-9-11/h6-8,10-11,16H,3-5,9H2,1-2H3. The second-order valence-electron chi connectivity index (χ2n) is 5.02. The lowest BCUT2D eigenvalue weighted by Gasteiger charge is -2.24. The van der Waals surface area contributed by atoms with E-state index in [1.165, 1.54) is 24.0 Å². The average molecular weight is 238 g/mol. The van der Waals surface area contributed by atoms with Crippen LogP contribution in [0.5, 0.6) is 0 Å². The molecule has 1 aromatic rings. The molecule has 1 saturated heterocycles. The van der Waals surface area contributed by atoms with Crippen LogP contribution < -0.4 is 5.32 Å². The summed E-state index contributed by atoms with van der Waals surface area (Å²) in [7, 11) is 0. The van der Waals surface area contributed by atoms with Crippen LogP contribution in [-0.2, 0) is 0 Å². The molecule has 0 amide bonds. The largest absolute Gasteiger partial charge is 0.316 e. The van der Waals surface area contributed by atoms with Crippen molar-refractivity contribution in [2.24, 2.45) is 0 Å². The Morgan fingerprint density at radius 3 is 2.75 bits per heavy atom. The molecule has 1 unspecified atom stereocenters. The molecular formula is C14H20ClN. The smallest absolute Gasteiger partial charge is 0.0411 e. The van der Waals surface area contributed by atoms with Gasteiger partial charge in [-0.3, -0.25) is 0 Å². The molecule has 1 aliphatic rings. The van der Waals surface area contributed by atoms with Crippen LogP contribution in [0.25, 0.3) is 0 Å². The predicted octanol–water partition coefficient (Wildman–Crippen LogP) is 3.93. The van der Waals surface area contributed by atoms with Crippen molar-refractivity contribution >= 4 is 11.6 Å². The molecule has 1 nitrogen and oxygen atoms in total. The van der Waals surface area contributed by atoms with Gasteiger partial charge in [0, 0.05) is 11.6 Å². The SMILES string of the molecule is CC(C)c1cc(Cl)cc(C2CCCNC2)c1. The van der Waals surface area contributed by atoms with Crippen molar-refractivity contribution < 1.29 is 0 Å². The van der Waals surface area contributed by atoms with Gasteiger partial charge in [0.2, 0.25) is 0 Å². The maximum Gasteiger partial charge on any atom is 0.0411 e. The van der Waals surface area contributed by atoms with E-state index in [4.69, 9.17) is 11.6 Å². The van der Waals surface area contributed by atoms with Crippen LogP contribution >= 0.6 is 11.6 Å². The first kappa shape index (κ1) is 11.9. The Labute approximate surface area is 103 Å². The highest BCUT2D eigenvalue weighted by Gasteiger charge is 2.16. The molecule has 1 atom stereocenters. The van der Waals surface area contributed by atoms with E-state index in [9.17, 15) is 0 Å². The second kappa shape index (κ2) is 5.20. The van der Waals surface area contributed by atoms with Gasteiger partial charge in [-0.2, -0.15) is 0 Å². The molecule has 1 fully saturated rings. The molecule has 0 saturated carbocycles. The van der Waals surface area contributed by atoms with E-state index < -0.39 is 0 Å². The van der Waals surface area contributed by atoms with E-state index in [0.29, 0.717) is 11.8 Å². The first-order valence-corrected chi connectivity index (χ1v) is 6.55. The summed E-state index contributed by atoms with van der Waals surface area (Å²) in [5.74, 6) is 1.19. The fourth-order valence-corrected chi connectivity index (χ4v) is 2.59. The molecule has 1 N–H and O–H groups in total. The van der Waals surface area contributed by atoms with Gasteiger partial charge in [-0.15, -0.1) is 0 Å². The van der Waals surface area contributed by atoms with Gasteiger partial charge in [0.1, 0.15) is 0 Å². The molecule has 1 heterocycles. The Kier molecular flexibility index (Phi) is 3.88. The van der Waals surface area contributed by atoms with Crippen LogP contribution in [0.15, 0.2) is 18.2 Å². The summed E-state index contributed by atoms with van der Waals surface area (Å²) in [6.07, 6.45) is 2.55. The van der Waals surface area contributed by atoms with E-state index in [1.54, 1.807) is 0 Å². The number of hydrogen-bond acceptors (Lipinski definition) is 1. The summed E-state index contributed by atoms with van der Waals surface area (Å²) in [6, 6.07) is 6.55. The maximum atomic E-state index is 6.19. The zero-order valence-corrected chi connectivity index (χ0v) is 10.8. The van der Waals surface area contributed by atoms with Gasteiger partial charge in [-0.1, -0.05) is 31.5 Å². The highest BCUT2D eigenvalue weighted by Crippen LogP contribution is 2.29. The van der Waals surface area contributed by atoms with E-state index in [2.05, 4.69) is 37.4 Å². The van der Waals surface area contributed by atoms with Gasteiger partial charge in [0.05, 0.1) is 0 Å². The first-order valence-electron chi connectivity index (χ1n) is 6.18. The normalized spacial score (nSPS) is 21.4. The van der Waals surface area contributed by atoms with E-state index in [0.717, 1.165) is 18.1 Å². The van der Waals surface area contributed by atoms with Crippen molar-refractivity contribution in [3.63, 3.8) is 0 Å². The maximum absolute atomic E-state index is 6.19. The zero-order valence-electron chi connectivity index (χ0n) is 10.1. The lowest BCUT2D eigenvalue weighted by molar-refractivity contribution is 0.461. The van der Waals surface area contributed by atoms with Crippen molar-refractivity contribution in [3.05, 3.63) is 34.3 Å². The van der Waals surface area contributed by atoms with Gasteiger partial charge in [0.25, 0.3) is 0 Å². The van der Waals surface area contributed by atoms with E-state index >= 15 is 0 Å². The first-order chi connectivity index (χ1) is 7.66. The number of halogens is 1. The number of benzene rings is 1. The van der Waals surface area contributed by atoms with Gasteiger partial charge in [0.15, 0.2) is 0 Å². The third-order valence-electron chi connectivity index (χ3n) is 3.38. The summed E-state index contributed by atoms with van der Waals surface area (Å²) in [4.78, 5) is 0. The lowest BCUT2D eigenvalue weighted by Crippen LogP contribution is -2.28. The van der Waals surface area contributed by atoms with Gasteiger partial charge in [-0.25, -0.2) is 0 Å². The Morgan fingerprint density at radius 1 is 1.31 bits per heavy atom. The van der Waals surface area contributed by atoms with Gasteiger partial charge >= 0.3 is 0 Å². The Balaban J connectivity index is 2.25. The van der Waals surface area contributed by atoms with Crippen LogP contribution in [0.4, 0.5) is 0 Å². The van der Waals surface area contributed by atoms with Crippen molar-refractivity contribution in [3.8, 4) is 0 Å². The minimum Gasteiger partial charge on any atom is -0.316 e. The lowest BCUT2D eigenvalue weighted by atomic mass is 9.89. The molecule has 1 aromatic carbocycles. The van der Waals surface area contributed by atoms with Crippen molar-refractivity contribution in [2.75, 3.05) is 13.1 Å². The Morgan fingerprint density at radius 2 is 2.12 bits per heavy atom. The highest BCUT2D eigenvalue weighted by molar-refractivity contribution is 6.30. The van der Waals surface area contributed by atoms with Crippen LogP contribution in [0.2, 0.25) is 5.02 Å². The minimum atomic E-state index is 0.550. The van der Waals surface area contributed by atoms with E-state index in [-0.39, 0.29) is 0 Å². The van der Waals surface area contributed by atoms with Crippen molar-refractivity contribution in [2.45, 2.75) is 38.5 Å². The van der Waals surface area contributed by atoms with Crippen LogP contribution in [0, 0.1) is 0 Å². The van der Waals surface area contributed by atoms with Crippen LogP contribution in [0.3, 0.4) is 0 Å². The summed E-state index contributed by atoms with van der Waals surface area (Å²) >= 11 is 6.19. The molecule has 0 spiro atoms. The summed E-state index contributed by atoms with van der Waals surface area (Å²) in [5, 5.41) is 4.34. The monoisotopic (exact) mass is 237 g/mol. The number of hydrogen-bond donors (Lipinski definition) is 1. The van der Waals surface area contributed by atoms with Gasteiger partial charge in [-0.05, 0) is 54.5 Å². The zero-order chi connectivity index (χ0) is 11.5. The van der Waals surface area contributed by atoms with Crippen molar-refractivity contribution in [1.82, 2.24) is 5.32 Å². The topological polar surface area (TPSA) is 12.0 Å². The molecule has 0 aromatic heterocycles. The molecule has 2 rings (SSSR count). The predicted molar refractivity (Wildman–Crippen MR) is 70.4 cm³/mol. The van der Waals surface area contributed by atoms with Gasteiger partial charge < -0.3 is 5.32 Å². The fraction of sp³-hybridized carbons (Fsp3) is 0.571. The Hall–Kier alpha value is -0.530. The molecule has 16 heavy (non-hydrogen) atoms. The molecule has 1 aliphatic heterocycles.